The van der Waals surface area contributed by atoms with Crippen LogP contribution in [0.5, 0.6) is 0 Å². The van der Waals surface area contributed by atoms with Crippen LogP contribution in [0.15, 0.2) is 170 Å². The Hall–Kier alpha value is -5.35. The maximum Gasteiger partial charge on any atom is 0.361 e. The second kappa shape index (κ2) is 80.3. The average Bonchev–Trinajstić information content (AvgIpc) is 1.25. The van der Waals surface area contributed by atoms with E-state index in [4.69, 9.17) is 18.9 Å². The number of carboxylic acid groups (broad SMARTS) is 1. The number of carbonyl (C=O) groups is 3. The fraction of sp³-hybridized carbons (Fsp3) is 0.663. The monoisotopic (exact) mass is 1400 g/mol. The van der Waals surface area contributed by atoms with E-state index >= 15 is 0 Å². The van der Waals surface area contributed by atoms with Crippen LogP contribution in [0.1, 0.15) is 335 Å². The van der Waals surface area contributed by atoms with E-state index in [1.807, 2.05) is 21.1 Å². The zero-order valence-electron chi connectivity index (χ0n) is 65.8. The lowest BCUT2D eigenvalue weighted by Crippen LogP contribution is -2.40. The molecule has 0 saturated carbocycles. The Morgan fingerprint density at radius 3 is 0.792 bits per heavy atom. The van der Waals surface area contributed by atoms with Gasteiger partial charge in [0.2, 0.25) is 0 Å². The predicted octanol–water partition coefficient (Wildman–Crippen LogP) is 26.9. The van der Waals surface area contributed by atoms with Gasteiger partial charge in [-0.15, -0.1) is 0 Å². The van der Waals surface area contributed by atoms with Gasteiger partial charge in [0.1, 0.15) is 13.2 Å². The summed E-state index contributed by atoms with van der Waals surface area (Å²) in [6.07, 6.45) is 118. The molecule has 0 aromatic heterocycles. The summed E-state index contributed by atoms with van der Waals surface area (Å²) >= 11 is 0. The smallest absolute Gasteiger partial charge is 0.361 e. The van der Waals surface area contributed by atoms with Crippen molar-refractivity contribution in [1.29, 1.82) is 0 Å². The van der Waals surface area contributed by atoms with Gasteiger partial charge >= 0.3 is 17.9 Å². The number of carbonyl (C=O) groups excluding carboxylic acids is 2. The van der Waals surface area contributed by atoms with Crippen molar-refractivity contribution in [2.45, 2.75) is 347 Å². The van der Waals surface area contributed by atoms with Gasteiger partial charge in [0.05, 0.1) is 34.4 Å². The molecule has 0 aliphatic rings. The van der Waals surface area contributed by atoms with Crippen LogP contribution in [0.3, 0.4) is 0 Å². The average molecular weight is 1400 g/mol. The van der Waals surface area contributed by atoms with Gasteiger partial charge in [0, 0.05) is 12.8 Å². The van der Waals surface area contributed by atoms with Crippen LogP contribution in [-0.4, -0.2) is 87.4 Å². The van der Waals surface area contributed by atoms with E-state index in [2.05, 4.69) is 184 Å². The minimum atomic E-state index is -1.52. The van der Waals surface area contributed by atoms with Crippen molar-refractivity contribution in [2.24, 2.45) is 0 Å². The molecule has 0 spiro atoms. The Labute approximate surface area is 622 Å². The van der Waals surface area contributed by atoms with E-state index in [0.717, 1.165) is 135 Å². The van der Waals surface area contributed by atoms with E-state index < -0.39 is 24.3 Å². The molecule has 101 heavy (non-hydrogen) atoms. The van der Waals surface area contributed by atoms with Crippen molar-refractivity contribution in [3.8, 4) is 0 Å². The summed E-state index contributed by atoms with van der Waals surface area (Å²) in [7, 11) is 5.98. The van der Waals surface area contributed by atoms with Gasteiger partial charge in [-0.2, -0.15) is 0 Å². The van der Waals surface area contributed by atoms with Gasteiger partial charge in [0.15, 0.2) is 6.10 Å². The first-order valence-corrected chi connectivity index (χ1v) is 41.3. The molecule has 0 saturated heterocycles. The third-order valence-corrected chi connectivity index (χ3v) is 17.5. The van der Waals surface area contributed by atoms with Crippen LogP contribution in [0, 0.1) is 0 Å². The molecular formula is C92H154NO8+. The Morgan fingerprint density at radius 2 is 0.535 bits per heavy atom. The lowest BCUT2D eigenvalue weighted by Gasteiger charge is -2.25. The number of hydrogen-bond acceptors (Lipinski definition) is 7. The Kier molecular flexibility index (Phi) is 76.1. The van der Waals surface area contributed by atoms with Gasteiger partial charge in [-0.25, -0.2) is 4.79 Å². The zero-order valence-corrected chi connectivity index (χ0v) is 65.8. The van der Waals surface area contributed by atoms with Crippen LogP contribution < -0.4 is 0 Å². The summed E-state index contributed by atoms with van der Waals surface area (Å²) in [6.45, 7) is 4.66. The Bertz CT molecular complexity index is 2280. The number of esters is 2. The molecule has 0 radical (unpaired) electrons. The van der Waals surface area contributed by atoms with Crippen LogP contribution >= 0.6 is 0 Å². The topological polar surface area (TPSA) is 108 Å². The molecule has 0 aromatic carbocycles. The molecule has 0 fully saturated rings. The molecule has 0 aliphatic carbocycles. The number of hydrogen-bond donors (Lipinski definition) is 1. The van der Waals surface area contributed by atoms with E-state index in [9.17, 15) is 19.5 Å². The van der Waals surface area contributed by atoms with Gasteiger partial charge in [-0.05, 0) is 128 Å². The maximum atomic E-state index is 13.0. The summed E-state index contributed by atoms with van der Waals surface area (Å²) in [5.41, 5.74) is 0. The second-order valence-electron chi connectivity index (χ2n) is 28.3. The standard InChI is InChI=1S/C92H153NO8/c1-6-8-10-12-14-16-18-20-22-24-26-28-30-32-34-36-38-40-42-44-45-47-48-50-52-54-56-58-60-62-64-66-68-70-72-74-76-78-80-82-89(94)99-86-88(87-100-92(91(96)97)98-85-84-93(3,4)5)101-90(95)83-81-79-77-75-73-71-69-67-65-63-61-59-57-55-53-51-49-46-43-41-39-37-35-33-31-29-27-25-23-21-19-17-15-13-11-9-7-2/h8-11,14-17,20-23,26-29,32-35,39,41,46,49,53,55,59,61,88,92H,6-7,12-13,18-19,24-25,30-31,36-38,40,42-45,47-48,50-52,54,56-58,60,62-87H2,1-5H3/p+1/b10-8-,11-9-,16-14-,17-15-,22-20-,23-21-,28-26-,29-27-,34-32-,35-33-,41-39-,49-46-,55-53-,61-59-. The molecule has 0 rings (SSSR count). The minimum absolute atomic E-state index is 0.181. The van der Waals surface area contributed by atoms with E-state index in [1.54, 1.807) is 0 Å². The molecule has 2 atom stereocenters. The quantitative estimate of drug-likeness (QED) is 0.0211. The molecule has 9 nitrogen and oxygen atoms in total. The normalized spacial score (nSPS) is 13.6. The van der Waals surface area contributed by atoms with Crippen molar-refractivity contribution in [3.05, 3.63) is 170 Å². The molecule has 574 valence electrons. The van der Waals surface area contributed by atoms with Crippen molar-refractivity contribution in [3.63, 3.8) is 0 Å². The molecule has 0 heterocycles. The summed E-state index contributed by atoms with van der Waals surface area (Å²) in [6, 6.07) is 0. The number of likely N-dealkylation sites (N-methyl/N-ethyl adjacent to an activating group) is 1. The summed E-state index contributed by atoms with van der Waals surface area (Å²) in [5, 5.41) is 9.78. The SMILES string of the molecule is CC/C=C\C/C=C\C/C=C\C/C=C\C/C=C\C/C=C\C/C=C\C/C=C\C/C=C\CCCCCCCCCCCC(=O)OC(COC(=O)CCCCCCCCCCCCCCCCCCCCCCCCC/C=C\C/C=C\C/C=C\C/C=C\C/C=C\CC)COC(OCC[N+](C)(C)C)C(=O)O. The highest BCUT2D eigenvalue weighted by atomic mass is 16.7. The minimum Gasteiger partial charge on any atom is -0.477 e. The molecule has 0 bridgehead atoms. The zero-order chi connectivity index (χ0) is 73.2. The Morgan fingerprint density at radius 1 is 0.297 bits per heavy atom. The molecule has 0 amide bonds. The third kappa shape index (κ3) is 81.8. The fourth-order valence-electron chi connectivity index (χ4n) is 11.3. The fourth-order valence-corrected chi connectivity index (χ4v) is 11.3. The van der Waals surface area contributed by atoms with E-state index in [0.29, 0.717) is 23.9 Å². The molecule has 1 N–H and O–H groups in total. The second-order valence-corrected chi connectivity index (χ2v) is 28.3. The maximum absolute atomic E-state index is 13.0. The number of rotatable bonds is 75. The summed E-state index contributed by atoms with van der Waals surface area (Å²) in [5.74, 6) is -2.01. The summed E-state index contributed by atoms with van der Waals surface area (Å²) in [4.78, 5) is 37.8. The summed E-state index contributed by atoms with van der Waals surface area (Å²) < 4.78 is 23.0. The van der Waals surface area contributed by atoms with Crippen molar-refractivity contribution < 1.29 is 42.9 Å². The number of allylic oxidation sites excluding steroid dienone is 28. The lowest BCUT2D eigenvalue weighted by atomic mass is 10.0. The van der Waals surface area contributed by atoms with E-state index in [-0.39, 0.29) is 32.2 Å². The number of unbranched alkanes of at least 4 members (excludes halogenated alkanes) is 32. The number of nitrogens with zero attached hydrogens (tertiary/aromatic N) is 1. The highest BCUT2D eigenvalue weighted by molar-refractivity contribution is 5.71. The van der Waals surface area contributed by atoms with Crippen LogP contribution in [0.2, 0.25) is 0 Å². The highest BCUT2D eigenvalue weighted by Gasteiger charge is 2.25. The first-order chi connectivity index (χ1) is 49.6. The van der Waals surface area contributed by atoms with Gasteiger partial charge in [-0.1, -0.05) is 364 Å². The van der Waals surface area contributed by atoms with Crippen molar-refractivity contribution in [2.75, 3.05) is 47.5 Å². The molecule has 0 aliphatic heterocycles. The largest absolute Gasteiger partial charge is 0.477 e. The number of aliphatic carboxylic acids is 1. The van der Waals surface area contributed by atoms with Crippen molar-refractivity contribution in [1.82, 2.24) is 0 Å². The Balaban J connectivity index is 4.05. The molecule has 0 aromatic rings. The third-order valence-electron chi connectivity index (χ3n) is 17.5. The lowest BCUT2D eigenvalue weighted by molar-refractivity contribution is -0.870. The first kappa shape index (κ1) is 95.6. The van der Waals surface area contributed by atoms with Crippen LogP contribution in [0.4, 0.5) is 0 Å². The number of ether oxygens (including phenoxy) is 4. The van der Waals surface area contributed by atoms with Gasteiger partial charge in [0.25, 0.3) is 6.29 Å². The van der Waals surface area contributed by atoms with Crippen molar-refractivity contribution >= 4 is 17.9 Å². The molecular weight excluding hydrogens is 1250 g/mol. The highest BCUT2D eigenvalue weighted by Crippen LogP contribution is 2.18. The number of quaternary nitrogens is 1. The number of carboxylic acids is 1. The van der Waals surface area contributed by atoms with Gasteiger partial charge < -0.3 is 28.5 Å². The molecule has 2 unspecified atom stereocenters. The first-order valence-electron chi connectivity index (χ1n) is 41.3. The molecule has 9 heteroatoms. The van der Waals surface area contributed by atoms with Crippen LogP contribution in [-0.2, 0) is 33.3 Å². The van der Waals surface area contributed by atoms with Crippen LogP contribution in [0.25, 0.3) is 0 Å². The predicted molar refractivity (Wildman–Crippen MR) is 437 cm³/mol. The van der Waals surface area contributed by atoms with E-state index in [1.165, 1.54) is 167 Å². The van der Waals surface area contributed by atoms with Gasteiger partial charge in [-0.3, -0.25) is 9.59 Å².